The van der Waals surface area contributed by atoms with Crippen molar-refractivity contribution in [3.05, 3.63) is 0 Å². The molecule has 0 aliphatic rings. The van der Waals surface area contributed by atoms with Crippen LogP contribution in [-0.4, -0.2) is 29.4 Å². The Morgan fingerprint density at radius 3 is 0.912 bits per heavy atom. The summed E-state index contributed by atoms with van der Waals surface area (Å²) in [7, 11) is 0. The number of rotatable bonds is 13. The van der Waals surface area contributed by atoms with E-state index in [-0.39, 0.29) is 1.43 Å². The van der Waals surface area contributed by atoms with Crippen LogP contribution in [0.3, 0.4) is 0 Å². The molecule has 0 fully saturated rings. The molecular weight excluding hydrogens is 438 g/mol. The molecule has 0 radical (unpaired) electrons. The molecular formula is C32H70Al2. The third kappa shape index (κ3) is 29.3. The van der Waals surface area contributed by atoms with Gasteiger partial charge in [0, 0.05) is 0 Å². The van der Waals surface area contributed by atoms with Gasteiger partial charge in [-0.15, -0.1) is 0 Å². The molecule has 0 N–H and O–H groups in total. The molecule has 3 unspecified atom stereocenters. The van der Waals surface area contributed by atoms with Gasteiger partial charge in [0.15, 0.2) is 0 Å². The summed E-state index contributed by atoms with van der Waals surface area (Å²) in [5.74, 6) is 4.57. The number of hydrogen-bond acceptors (Lipinski definition) is 0. The van der Waals surface area contributed by atoms with E-state index >= 15 is 0 Å². The molecule has 0 saturated carbocycles. The molecule has 0 spiro atoms. The summed E-state index contributed by atoms with van der Waals surface area (Å²) >= 11 is 0.0787. The van der Waals surface area contributed by atoms with Crippen LogP contribution < -0.4 is 0 Å². The van der Waals surface area contributed by atoms with E-state index in [4.69, 9.17) is 0 Å². The van der Waals surface area contributed by atoms with Crippen molar-refractivity contribution in [3.8, 4) is 0 Å². The van der Waals surface area contributed by atoms with E-state index < -0.39 is 14.1 Å². The van der Waals surface area contributed by atoms with E-state index in [0.717, 1.165) is 44.8 Å². The Morgan fingerprint density at radius 2 is 0.735 bits per heavy atom. The Hall–Kier alpha value is 1.06. The van der Waals surface area contributed by atoms with Crippen LogP contribution in [0.5, 0.6) is 0 Å². The van der Waals surface area contributed by atoms with E-state index in [0.29, 0.717) is 16.2 Å². The SMILES string of the molecule is CC(C)[CH2][Al+][CH2]C(C)C.CC([CH2][Al]([CH2]C(C)CC(C)(C)C)[CH2]C(C)CC(C)(C)C)CC(C)(C)C.[H-]. The van der Waals surface area contributed by atoms with Gasteiger partial charge in [-0.2, -0.15) is 0 Å². The maximum absolute atomic E-state index is 2.52. The maximum atomic E-state index is 2.52. The van der Waals surface area contributed by atoms with Gasteiger partial charge in [-0.1, -0.05) is 117 Å². The van der Waals surface area contributed by atoms with Crippen molar-refractivity contribution in [2.45, 2.75) is 156 Å². The molecule has 0 bridgehead atoms. The van der Waals surface area contributed by atoms with Crippen LogP contribution in [-0.2, 0) is 0 Å². The predicted molar refractivity (Wildman–Crippen MR) is 166 cm³/mol. The summed E-state index contributed by atoms with van der Waals surface area (Å²) < 4.78 is 0. The van der Waals surface area contributed by atoms with Crippen LogP contribution >= 0.6 is 0 Å². The predicted octanol–water partition coefficient (Wildman–Crippen LogP) is 11.6. The zero-order valence-electron chi connectivity index (χ0n) is 28.2. The minimum atomic E-state index is -0.676. The Kier molecular flexibility index (Phi) is 19.2. The third-order valence-electron chi connectivity index (χ3n) is 6.37. The molecule has 0 aliphatic carbocycles. The van der Waals surface area contributed by atoms with Gasteiger partial charge in [0.05, 0.1) is 0 Å². The normalized spacial score (nSPS) is 15.5. The van der Waals surface area contributed by atoms with Gasteiger partial charge in [0.25, 0.3) is 14.1 Å². The van der Waals surface area contributed by atoms with Crippen molar-refractivity contribution in [1.29, 1.82) is 0 Å². The van der Waals surface area contributed by atoms with Crippen LogP contribution in [0, 0.1) is 45.8 Å². The van der Waals surface area contributed by atoms with Crippen molar-refractivity contribution >= 4 is 29.4 Å². The van der Waals surface area contributed by atoms with Gasteiger partial charge in [-0.25, -0.2) is 0 Å². The smallest absolute Gasteiger partial charge is 0.262 e. The quantitative estimate of drug-likeness (QED) is 0.217. The zero-order chi connectivity index (χ0) is 27.3. The van der Waals surface area contributed by atoms with E-state index in [9.17, 15) is 0 Å². The minimum absolute atomic E-state index is 0. The maximum Gasteiger partial charge on any atom is 0.262 e. The molecule has 0 aromatic carbocycles. The second-order valence-electron chi connectivity index (χ2n) is 16.7. The van der Waals surface area contributed by atoms with Gasteiger partial charge in [-0.3, -0.25) is 0 Å². The molecule has 34 heavy (non-hydrogen) atoms. The Balaban J connectivity index is -0.000000866. The molecule has 0 aromatic heterocycles. The van der Waals surface area contributed by atoms with Crippen LogP contribution in [0.15, 0.2) is 0 Å². The first-order valence-electron chi connectivity index (χ1n) is 14.9. The topological polar surface area (TPSA) is 0 Å². The fourth-order valence-electron chi connectivity index (χ4n) is 6.14. The minimum Gasteiger partial charge on any atom is -1.00 e. The van der Waals surface area contributed by atoms with Gasteiger partial charge in [0.1, 0.15) is 0 Å². The summed E-state index contributed by atoms with van der Waals surface area (Å²) in [4.78, 5) is 0. The summed E-state index contributed by atoms with van der Waals surface area (Å²) in [6.07, 6.45) is 4.16. The zero-order valence-corrected chi connectivity index (χ0v) is 29.5. The van der Waals surface area contributed by atoms with Crippen LogP contribution in [0.2, 0.25) is 26.4 Å². The molecule has 0 rings (SSSR count). The Labute approximate surface area is 232 Å². The molecule has 3 atom stereocenters. The fraction of sp³-hybridized carbons (Fsp3) is 1.00. The van der Waals surface area contributed by atoms with Gasteiger partial charge in [-0.05, 0) is 35.5 Å². The first kappa shape index (κ1) is 37.2. The van der Waals surface area contributed by atoms with Gasteiger partial charge in [0.2, 0.25) is 0 Å². The Morgan fingerprint density at radius 1 is 0.500 bits per heavy atom. The van der Waals surface area contributed by atoms with Crippen LogP contribution in [0.1, 0.15) is 131 Å². The van der Waals surface area contributed by atoms with E-state index in [1.165, 1.54) is 29.8 Å². The molecule has 0 saturated heterocycles. The number of hydrogen-bond donors (Lipinski definition) is 0. The average molecular weight is 509 g/mol. The second kappa shape index (κ2) is 17.6. The van der Waals surface area contributed by atoms with E-state index in [2.05, 4.69) is 111 Å². The van der Waals surface area contributed by atoms with Crippen molar-refractivity contribution < 1.29 is 1.43 Å². The summed E-state index contributed by atoms with van der Waals surface area (Å²) in [5.41, 5.74) is 1.44. The monoisotopic (exact) mass is 509 g/mol. The molecule has 0 amide bonds. The fourth-order valence-corrected chi connectivity index (χ4v) is 12.2. The van der Waals surface area contributed by atoms with Gasteiger partial charge >= 0.3 is 65.3 Å². The van der Waals surface area contributed by atoms with E-state index in [1.807, 2.05) is 0 Å². The second-order valence-corrected chi connectivity index (χ2v) is 21.4. The average Bonchev–Trinajstić information content (AvgIpc) is 2.48. The standard InChI is InChI=1S/3C8H17.2C4H9.2Al.H/c3*1-7(2)6-8(3,4)5;2*1-4(2)3;;;/h3*7H,1,6H2,2-5H3;2*4H,1H2,2-3H3;;;/q;;;;;;+1;-1. The molecule has 2 heteroatoms. The molecule has 0 aromatic rings. The van der Waals surface area contributed by atoms with Crippen molar-refractivity contribution in [1.82, 2.24) is 0 Å². The largest absolute Gasteiger partial charge is 1.00 e. The first-order valence-corrected chi connectivity index (χ1v) is 19.0. The third-order valence-corrected chi connectivity index (χ3v) is 13.3. The van der Waals surface area contributed by atoms with Crippen LogP contribution in [0.25, 0.3) is 0 Å². The molecule has 204 valence electrons. The molecule has 0 heterocycles. The molecule has 0 aliphatic heterocycles. The molecule has 0 nitrogen and oxygen atoms in total. The van der Waals surface area contributed by atoms with Crippen molar-refractivity contribution in [2.24, 2.45) is 45.8 Å². The van der Waals surface area contributed by atoms with Gasteiger partial charge < -0.3 is 1.43 Å². The Bertz CT molecular complexity index is 414. The summed E-state index contributed by atoms with van der Waals surface area (Å²) in [6.45, 7) is 38.5. The first-order chi connectivity index (χ1) is 15.1. The summed E-state index contributed by atoms with van der Waals surface area (Å²) in [5, 5.41) is 7.64. The summed E-state index contributed by atoms with van der Waals surface area (Å²) in [6, 6.07) is 0. The van der Waals surface area contributed by atoms with Crippen molar-refractivity contribution in [2.75, 3.05) is 0 Å². The van der Waals surface area contributed by atoms with Crippen LogP contribution in [0.4, 0.5) is 0 Å². The van der Waals surface area contributed by atoms with Crippen molar-refractivity contribution in [3.63, 3.8) is 0 Å². The van der Waals surface area contributed by atoms with E-state index in [1.54, 1.807) is 15.8 Å².